The van der Waals surface area contributed by atoms with Crippen LogP contribution in [0.1, 0.15) is 63.2 Å². The van der Waals surface area contributed by atoms with E-state index in [9.17, 15) is 9.59 Å². The van der Waals surface area contributed by atoms with Gasteiger partial charge in [-0.1, -0.05) is 26.0 Å². The highest BCUT2D eigenvalue weighted by Crippen LogP contribution is 2.39. The first kappa shape index (κ1) is 28.4. The van der Waals surface area contributed by atoms with Gasteiger partial charge in [-0.25, -0.2) is 14.6 Å². The van der Waals surface area contributed by atoms with Gasteiger partial charge in [-0.15, -0.1) is 0 Å². The highest BCUT2D eigenvalue weighted by atomic mass is 16.6. The SMILES string of the molecule is CCOC(=O)c1cc(N2CC3CN(C(=O)OC(C)(C)C)CC3C2)c(C(=N)C(C)C)c(Nc2cccc(C)c2)n1. The van der Waals surface area contributed by atoms with E-state index < -0.39 is 11.6 Å². The van der Waals surface area contributed by atoms with E-state index in [2.05, 4.69) is 15.2 Å². The van der Waals surface area contributed by atoms with Crippen LogP contribution in [0.4, 0.5) is 22.0 Å². The molecule has 2 atom stereocenters. The monoisotopic (exact) mass is 535 g/mol. The summed E-state index contributed by atoms with van der Waals surface area (Å²) in [7, 11) is 0. The van der Waals surface area contributed by atoms with Gasteiger partial charge in [0.2, 0.25) is 0 Å². The van der Waals surface area contributed by atoms with Crippen molar-refractivity contribution in [3.63, 3.8) is 0 Å². The van der Waals surface area contributed by atoms with E-state index in [1.54, 1.807) is 17.9 Å². The summed E-state index contributed by atoms with van der Waals surface area (Å²) in [5, 5.41) is 12.4. The van der Waals surface area contributed by atoms with Crippen LogP contribution in [0, 0.1) is 30.1 Å². The number of fused-ring (bicyclic) bond motifs is 1. The van der Waals surface area contributed by atoms with Crippen molar-refractivity contribution in [2.24, 2.45) is 17.8 Å². The second-order valence-electron chi connectivity index (χ2n) is 11.8. The third-order valence-electron chi connectivity index (χ3n) is 7.09. The lowest BCUT2D eigenvalue weighted by molar-refractivity contribution is 0.0282. The van der Waals surface area contributed by atoms with Crippen LogP contribution >= 0.6 is 0 Å². The number of anilines is 3. The minimum atomic E-state index is -0.534. The normalized spacial score (nSPS) is 18.8. The Hall–Kier alpha value is -3.62. The fourth-order valence-corrected chi connectivity index (χ4v) is 5.26. The summed E-state index contributed by atoms with van der Waals surface area (Å²) in [6.45, 7) is 16.3. The summed E-state index contributed by atoms with van der Waals surface area (Å²) in [5.74, 6) is 0.454. The summed E-state index contributed by atoms with van der Waals surface area (Å²) in [6, 6.07) is 9.68. The third-order valence-corrected chi connectivity index (χ3v) is 7.09. The summed E-state index contributed by atoms with van der Waals surface area (Å²) in [6.07, 6.45) is -0.274. The molecule has 2 aliphatic rings. The number of benzene rings is 1. The molecule has 3 heterocycles. The van der Waals surface area contributed by atoms with E-state index in [4.69, 9.17) is 14.9 Å². The fourth-order valence-electron chi connectivity index (χ4n) is 5.26. The number of pyridine rings is 1. The Morgan fingerprint density at radius 1 is 1.13 bits per heavy atom. The number of nitrogens with zero attached hydrogens (tertiary/aromatic N) is 3. The van der Waals surface area contributed by atoms with Crippen molar-refractivity contribution < 1.29 is 19.1 Å². The molecule has 2 saturated heterocycles. The van der Waals surface area contributed by atoms with Crippen molar-refractivity contribution >= 4 is 35.0 Å². The van der Waals surface area contributed by atoms with E-state index in [1.165, 1.54) is 0 Å². The lowest BCUT2D eigenvalue weighted by Gasteiger charge is -2.28. The summed E-state index contributed by atoms with van der Waals surface area (Å²) >= 11 is 0. The summed E-state index contributed by atoms with van der Waals surface area (Å²) in [4.78, 5) is 34.3. The molecule has 4 rings (SSSR count). The van der Waals surface area contributed by atoms with Crippen molar-refractivity contribution in [3.8, 4) is 0 Å². The van der Waals surface area contributed by atoms with Gasteiger partial charge in [-0.3, -0.25) is 0 Å². The number of hydrogen-bond acceptors (Lipinski definition) is 8. The average Bonchev–Trinajstić information content (AvgIpc) is 3.42. The Balaban J connectivity index is 1.70. The minimum Gasteiger partial charge on any atom is -0.461 e. The van der Waals surface area contributed by atoms with Crippen LogP contribution in [0.5, 0.6) is 0 Å². The Bertz CT molecular complexity index is 1240. The Morgan fingerprint density at radius 2 is 1.79 bits per heavy atom. The van der Waals surface area contributed by atoms with Crippen molar-refractivity contribution in [1.29, 1.82) is 5.41 Å². The molecule has 0 bridgehead atoms. The maximum absolute atomic E-state index is 12.9. The predicted molar refractivity (Wildman–Crippen MR) is 153 cm³/mol. The highest BCUT2D eigenvalue weighted by molar-refractivity contribution is 6.09. The van der Waals surface area contributed by atoms with Crippen LogP contribution in [0.25, 0.3) is 0 Å². The number of carbonyl (C=O) groups excluding carboxylic acids is 2. The van der Waals surface area contributed by atoms with E-state index >= 15 is 0 Å². The molecule has 0 radical (unpaired) electrons. The van der Waals surface area contributed by atoms with Gasteiger partial charge in [-0.05, 0) is 64.3 Å². The maximum Gasteiger partial charge on any atom is 0.410 e. The Kier molecular flexibility index (Phi) is 8.18. The molecule has 9 nitrogen and oxygen atoms in total. The van der Waals surface area contributed by atoms with E-state index in [1.807, 2.05) is 65.8 Å². The topological polar surface area (TPSA) is 108 Å². The van der Waals surface area contributed by atoms with Crippen LogP contribution in [-0.2, 0) is 9.47 Å². The van der Waals surface area contributed by atoms with Crippen molar-refractivity contribution in [1.82, 2.24) is 9.88 Å². The molecule has 0 spiro atoms. The second kappa shape index (κ2) is 11.2. The number of rotatable bonds is 7. The number of aromatic nitrogens is 1. The number of amides is 1. The second-order valence-corrected chi connectivity index (χ2v) is 11.8. The van der Waals surface area contributed by atoms with E-state index in [-0.39, 0.29) is 36.1 Å². The molecule has 9 heteroatoms. The molecule has 1 aromatic carbocycles. The number of esters is 1. The van der Waals surface area contributed by atoms with Crippen LogP contribution in [0.15, 0.2) is 30.3 Å². The van der Waals surface area contributed by atoms with Gasteiger partial charge < -0.3 is 30.0 Å². The van der Waals surface area contributed by atoms with Gasteiger partial charge in [0, 0.05) is 49.4 Å². The van der Waals surface area contributed by atoms with Gasteiger partial charge in [0.15, 0.2) is 5.69 Å². The minimum absolute atomic E-state index is 0.0539. The standard InChI is InChI=1S/C30H41N5O4/c1-8-38-28(36)23-13-24(34-14-20-16-35(17-21(20)15-34)29(37)39-30(5,6)7)25(26(31)18(2)3)27(33-23)32-22-11-9-10-19(4)12-22/h9-13,18,20-21,31H,8,14-17H2,1-7H3,(H,32,33). The summed E-state index contributed by atoms with van der Waals surface area (Å²) < 4.78 is 10.9. The Labute approximate surface area is 231 Å². The molecule has 1 amide bonds. The predicted octanol–water partition coefficient (Wildman–Crippen LogP) is 5.64. The smallest absolute Gasteiger partial charge is 0.410 e. The number of ether oxygens (including phenoxy) is 2. The molecule has 1 aromatic heterocycles. The van der Waals surface area contributed by atoms with Crippen LogP contribution in [0.3, 0.4) is 0 Å². The van der Waals surface area contributed by atoms with Crippen LogP contribution in [0.2, 0.25) is 0 Å². The highest BCUT2D eigenvalue weighted by Gasteiger charge is 2.43. The molecular formula is C30H41N5O4. The third kappa shape index (κ3) is 6.52. The van der Waals surface area contributed by atoms with E-state index in [0.717, 1.165) is 16.9 Å². The number of aryl methyl sites for hydroxylation is 1. The van der Waals surface area contributed by atoms with Gasteiger partial charge >= 0.3 is 12.1 Å². The molecule has 2 fully saturated rings. The first-order chi connectivity index (χ1) is 18.4. The molecular weight excluding hydrogens is 494 g/mol. The first-order valence-electron chi connectivity index (χ1n) is 13.7. The molecule has 2 aliphatic heterocycles. The van der Waals surface area contributed by atoms with Gasteiger partial charge in [0.05, 0.1) is 17.9 Å². The van der Waals surface area contributed by atoms with Crippen molar-refractivity contribution in [2.75, 3.05) is 43.0 Å². The summed E-state index contributed by atoms with van der Waals surface area (Å²) in [5.41, 5.74) is 3.50. The largest absolute Gasteiger partial charge is 0.461 e. The zero-order chi connectivity index (χ0) is 28.5. The Morgan fingerprint density at radius 3 is 2.36 bits per heavy atom. The number of carbonyl (C=O) groups is 2. The van der Waals surface area contributed by atoms with Gasteiger partial charge in [0.1, 0.15) is 11.4 Å². The van der Waals surface area contributed by atoms with Crippen molar-refractivity contribution in [2.45, 2.75) is 54.1 Å². The fraction of sp³-hybridized carbons (Fsp3) is 0.533. The zero-order valence-corrected chi connectivity index (χ0v) is 24.1. The lowest BCUT2D eigenvalue weighted by Crippen LogP contribution is -2.37. The molecule has 2 aromatic rings. The van der Waals surface area contributed by atoms with E-state index in [0.29, 0.717) is 43.3 Å². The first-order valence-corrected chi connectivity index (χ1v) is 13.7. The molecule has 210 valence electrons. The van der Waals surface area contributed by atoms with Crippen molar-refractivity contribution in [3.05, 3.63) is 47.2 Å². The number of hydrogen-bond donors (Lipinski definition) is 2. The van der Waals surface area contributed by atoms with Crippen LogP contribution in [-0.4, -0.2) is 66.0 Å². The van der Waals surface area contributed by atoms with Gasteiger partial charge in [0.25, 0.3) is 0 Å². The zero-order valence-electron chi connectivity index (χ0n) is 24.1. The molecule has 0 aliphatic carbocycles. The number of likely N-dealkylation sites (tertiary alicyclic amines) is 1. The quantitative estimate of drug-likeness (QED) is 0.349. The maximum atomic E-state index is 12.9. The molecule has 2 N–H and O–H groups in total. The molecule has 0 saturated carbocycles. The molecule has 2 unspecified atom stereocenters. The van der Waals surface area contributed by atoms with Gasteiger partial charge in [-0.2, -0.15) is 0 Å². The average molecular weight is 536 g/mol. The lowest BCUT2D eigenvalue weighted by atomic mass is 9.97. The molecule has 39 heavy (non-hydrogen) atoms. The number of nitrogens with one attached hydrogen (secondary N) is 2. The van der Waals surface area contributed by atoms with Crippen LogP contribution < -0.4 is 10.2 Å².